The Labute approximate surface area is 240 Å². The number of carbonyl (C=O) groups excluding carboxylic acids is 2. The van der Waals surface area contributed by atoms with Gasteiger partial charge in [-0.05, 0) is 43.2 Å². The molecule has 15 heteroatoms. The Morgan fingerprint density at radius 1 is 1.10 bits per heavy atom. The van der Waals surface area contributed by atoms with Gasteiger partial charge >= 0.3 is 0 Å². The highest BCUT2D eigenvalue weighted by Gasteiger charge is 2.30. The molecule has 1 fully saturated rings. The number of hydrogen-bond donors (Lipinski definition) is 3. The average molecular weight is 597 g/mol. The van der Waals surface area contributed by atoms with Crippen LogP contribution >= 0.6 is 11.6 Å². The summed E-state index contributed by atoms with van der Waals surface area (Å²) in [5.74, 6) is 0.201. The van der Waals surface area contributed by atoms with Gasteiger partial charge < -0.3 is 20.7 Å². The van der Waals surface area contributed by atoms with Crippen molar-refractivity contribution in [2.24, 2.45) is 5.92 Å². The summed E-state index contributed by atoms with van der Waals surface area (Å²) >= 11 is 6.36. The van der Waals surface area contributed by atoms with Gasteiger partial charge in [0.05, 0.1) is 39.7 Å². The molecule has 13 nitrogen and oxygen atoms in total. The number of ether oxygens (including phenoxy) is 1. The smallest absolute Gasteiger partial charge is 0.273 e. The maximum Gasteiger partial charge on any atom is 0.273 e. The van der Waals surface area contributed by atoms with Crippen LogP contribution in [0.4, 0.5) is 17.2 Å². The molecule has 2 aromatic heterocycles. The predicted molar refractivity (Wildman–Crippen MR) is 152 cm³/mol. The van der Waals surface area contributed by atoms with Crippen LogP contribution in [0, 0.1) is 5.92 Å². The standard InChI is InChI=1S/C26H25ClN8O5S/c1-28-26(37)22-19(12-21(32-33-22)31-25(36)14-7-8-14)30-18-6-4-5-16(23(18)40-2)24-29-13-35(34-24)20-10-9-15(11-17(20)27)41(3,38)39/h4-6,9-14H,7-8H2,1-3H3,(H,28,37)(H2,30,31,32,36). The van der Waals surface area contributed by atoms with Gasteiger partial charge in [-0.3, -0.25) is 9.59 Å². The topological polar surface area (TPSA) is 170 Å². The normalized spacial score (nSPS) is 13.0. The molecule has 4 aromatic rings. The molecule has 2 heterocycles. The molecule has 5 rings (SSSR count). The lowest BCUT2D eigenvalue weighted by Gasteiger charge is -2.16. The molecule has 0 spiro atoms. The number of hydrogen-bond acceptors (Lipinski definition) is 10. The fourth-order valence-corrected chi connectivity index (χ4v) is 4.97. The molecular weight excluding hydrogens is 572 g/mol. The molecule has 41 heavy (non-hydrogen) atoms. The number of anilines is 3. The summed E-state index contributed by atoms with van der Waals surface area (Å²) in [5, 5.41) is 21.1. The lowest BCUT2D eigenvalue weighted by atomic mass is 10.1. The molecule has 0 bridgehead atoms. The van der Waals surface area contributed by atoms with E-state index in [1.165, 1.54) is 43.4 Å². The summed E-state index contributed by atoms with van der Waals surface area (Å²) in [5.41, 5.74) is 1.72. The lowest BCUT2D eigenvalue weighted by molar-refractivity contribution is -0.117. The number of para-hydroxylation sites is 1. The summed E-state index contributed by atoms with van der Waals surface area (Å²) < 4.78 is 30.9. The third-order valence-corrected chi connectivity index (χ3v) is 7.66. The van der Waals surface area contributed by atoms with Crippen molar-refractivity contribution >= 4 is 50.4 Å². The summed E-state index contributed by atoms with van der Waals surface area (Å²) in [4.78, 5) is 29.3. The zero-order valence-corrected chi connectivity index (χ0v) is 23.7. The molecule has 1 saturated carbocycles. The minimum absolute atomic E-state index is 0.0129. The van der Waals surface area contributed by atoms with Crippen molar-refractivity contribution in [1.29, 1.82) is 0 Å². The first-order valence-electron chi connectivity index (χ1n) is 12.4. The number of benzene rings is 2. The van der Waals surface area contributed by atoms with E-state index in [4.69, 9.17) is 16.3 Å². The van der Waals surface area contributed by atoms with Crippen LogP contribution in [0.2, 0.25) is 5.02 Å². The molecule has 2 aromatic carbocycles. The van der Waals surface area contributed by atoms with E-state index in [-0.39, 0.29) is 38.9 Å². The fraction of sp³-hybridized carbons (Fsp3) is 0.231. The zero-order chi connectivity index (χ0) is 29.3. The number of rotatable bonds is 9. The van der Waals surface area contributed by atoms with Crippen LogP contribution in [0.25, 0.3) is 17.1 Å². The van der Waals surface area contributed by atoms with E-state index < -0.39 is 15.7 Å². The van der Waals surface area contributed by atoms with Crippen molar-refractivity contribution in [3.05, 3.63) is 59.5 Å². The fourth-order valence-electron chi connectivity index (χ4n) is 3.99. The summed E-state index contributed by atoms with van der Waals surface area (Å²) in [6, 6.07) is 11.1. The molecule has 0 radical (unpaired) electrons. The Hall–Kier alpha value is -4.56. The van der Waals surface area contributed by atoms with Crippen LogP contribution in [-0.2, 0) is 14.6 Å². The second kappa shape index (κ2) is 11.1. The van der Waals surface area contributed by atoms with Gasteiger partial charge in [0.25, 0.3) is 5.91 Å². The highest BCUT2D eigenvalue weighted by Crippen LogP contribution is 2.38. The molecule has 3 N–H and O–H groups in total. The number of carbonyl (C=O) groups is 2. The molecule has 2 amide bonds. The molecule has 0 saturated heterocycles. The van der Waals surface area contributed by atoms with Gasteiger partial charge in [0.1, 0.15) is 6.33 Å². The molecular formula is C26H25ClN8O5S. The molecule has 1 aliphatic carbocycles. The van der Waals surface area contributed by atoms with Crippen molar-refractivity contribution in [2.75, 3.05) is 31.0 Å². The highest BCUT2D eigenvalue weighted by molar-refractivity contribution is 7.90. The maximum atomic E-state index is 12.5. The summed E-state index contributed by atoms with van der Waals surface area (Å²) in [6.45, 7) is 0. The minimum atomic E-state index is -3.43. The maximum absolute atomic E-state index is 12.5. The van der Waals surface area contributed by atoms with E-state index in [1.54, 1.807) is 24.3 Å². The second-order valence-electron chi connectivity index (χ2n) is 9.24. The third kappa shape index (κ3) is 5.98. The highest BCUT2D eigenvalue weighted by atomic mass is 35.5. The van der Waals surface area contributed by atoms with E-state index in [0.29, 0.717) is 28.5 Å². The quantitative estimate of drug-likeness (QED) is 0.260. The van der Waals surface area contributed by atoms with Gasteiger partial charge in [-0.2, -0.15) is 0 Å². The Balaban J connectivity index is 1.49. The van der Waals surface area contributed by atoms with Crippen LogP contribution < -0.4 is 20.7 Å². The molecule has 0 aliphatic heterocycles. The number of nitrogens with zero attached hydrogens (tertiary/aromatic N) is 5. The van der Waals surface area contributed by atoms with Crippen LogP contribution in [0.15, 0.2) is 53.7 Å². The number of halogens is 1. The second-order valence-corrected chi connectivity index (χ2v) is 11.7. The zero-order valence-electron chi connectivity index (χ0n) is 22.2. The Bertz CT molecular complexity index is 1770. The number of methoxy groups -OCH3 is 1. The Morgan fingerprint density at radius 3 is 2.54 bits per heavy atom. The van der Waals surface area contributed by atoms with E-state index in [0.717, 1.165) is 19.1 Å². The van der Waals surface area contributed by atoms with Gasteiger partial charge in [0, 0.05) is 25.3 Å². The van der Waals surface area contributed by atoms with Crippen molar-refractivity contribution in [3.63, 3.8) is 0 Å². The van der Waals surface area contributed by atoms with Crippen LogP contribution in [-0.4, -0.2) is 65.6 Å². The van der Waals surface area contributed by atoms with Crippen LogP contribution in [0.5, 0.6) is 5.75 Å². The molecule has 0 atom stereocenters. The van der Waals surface area contributed by atoms with Crippen LogP contribution in [0.1, 0.15) is 23.3 Å². The van der Waals surface area contributed by atoms with Gasteiger partial charge in [0.15, 0.2) is 32.9 Å². The van der Waals surface area contributed by atoms with Crippen molar-refractivity contribution in [3.8, 4) is 22.8 Å². The van der Waals surface area contributed by atoms with Crippen LogP contribution in [0.3, 0.4) is 0 Å². The number of aromatic nitrogens is 5. The molecule has 212 valence electrons. The van der Waals surface area contributed by atoms with E-state index in [1.807, 2.05) is 0 Å². The predicted octanol–water partition coefficient (Wildman–Crippen LogP) is 3.24. The number of sulfone groups is 1. The van der Waals surface area contributed by atoms with Gasteiger partial charge in [0.2, 0.25) is 5.91 Å². The summed E-state index contributed by atoms with van der Waals surface area (Å²) in [6.07, 6.45) is 4.20. The van der Waals surface area contributed by atoms with E-state index in [9.17, 15) is 18.0 Å². The van der Waals surface area contributed by atoms with Crippen molar-refractivity contribution in [2.45, 2.75) is 17.7 Å². The average Bonchev–Trinajstić information content (AvgIpc) is 3.69. The first-order chi connectivity index (χ1) is 19.6. The van der Waals surface area contributed by atoms with Crippen molar-refractivity contribution < 1.29 is 22.7 Å². The summed E-state index contributed by atoms with van der Waals surface area (Å²) in [7, 11) is -0.477. The van der Waals surface area contributed by atoms with Gasteiger partial charge in [-0.25, -0.2) is 18.1 Å². The first-order valence-corrected chi connectivity index (χ1v) is 14.6. The Kier molecular flexibility index (Phi) is 7.60. The van der Waals surface area contributed by atoms with E-state index >= 15 is 0 Å². The van der Waals surface area contributed by atoms with Crippen molar-refractivity contribution in [1.82, 2.24) is 30.3 Å². The molecule has 1 aliphatic rings. The lowest BCUT2D eigenvalue weighted by Crippen LogP contribution is -2.22. The van der Waals surface area contributed by atoms with Gasteiger partial charge in [-0.15, -0.1) is 15.3 Å². The number of nitrogens with one attached hydrogen (secondary N) is 3. The minimum Gasteiger partial charge on any atom is -0.494 e. The number of amides is 2. The third-order valence-electron chi connectivity index (χ3n) is 6.25. The Morgan fingerprint density at radius 2 is 1.88 bits per heavy atom. The van der Waals surface area contributed by atoms with E-state index in [2.05, 4.69) is 36.2 Å². The van der Waals surface area contributed by atoms with Gasteiger partial charge in [-0.1, -0.05) is 17.7 Å². The molecule has 0 unspecified atom stereocenters. The monoisotopic (exact) mass is 596 g/mol. The SMILES string of the molecule is CNC(=O)c1nnc(NC(=O)C2CC2)cc1Nc1cccc(-c2ncn(-c3ccc(S(C)(=O)=O)cc3Cl)n2)c1OC. The first kappa shape index (κ1) is 28.0. The largest absolute Gasteiger partial charge is 0.494 e.